The summed E-state index contributed by atoms with van der Waals surface area (Å²) in [7, 11) is 0. The standard InChI is InChI=1S/C12H14ClNO2/c13-10-3-1-9(2-4-10)12(15)16-11-5-7-14-8-6-11/h1-4,11,14H,5-8H2. The van der Waals surface area contributed by atoms with Crippen molar-refractivity contribution in [1.82, 2.24) is 5.32 Å². The van der Waals surface area contributed by atoms with Crippen LogP contribution in [0.4, 0.5) is 0 Å². The number of hydrogen-bond acceptors (Lipinski definition) is 3. The summed E-state index contributed by atoms with van der Waals surface area (Å²) in [6, 6.07) is 6.76. The van der Waals surface area contributed by atoms with Gasteiger partial charge < -0.3 is 10.1 Å². The molecular weight excluding hydrogens is 226 g/mol. The maximum Gasteiger partial charge on any atom is 0.338 e. The van der Waals surface area contributed by atoms with E-state index in [-0.39, 0.29) is 12.1 Å². The molecule has 0 bridgehead atoms. The monoisotopic (exact) mass is 239 g/mol. The second-order valence-electron chi connectivity index (χ2n) is 3.86. The van der Waals surface area contributed by atoms with Crippen LogP contribution in [0.3, 0.4) is 0 Å². The predicted molar refractivity (Wildman–Crippen MR) is 62.8 cm³/mol. The molecule has 0 radical (unpaired) electrons. The number of esters is 1. The highest BCUT2D eigenvalue weighted by Gasteiger charge is 2.18. The molecule has 0 aliphatic carbocycles. The molecule has 3 nitrogen and oxygen atoms in total. The Balaban J connectivity index is 1.94. The van der Waals surface area contributed by atoms with Gasteiger partial charge in [-0.2, -0.15) is 0 Å². The van der Waals surface area contributed by atoms with Crippen molar-refractivity contribution in [1.29, 1.82) is 0 Å². The zero-order valence-electron chi connectivity index (χ0n) is 8.91. The molecule has 0 amide bonds. The minimum absolute atomic E-state index is 0.0458. The van der Waals surface area contributed by atoms with E-state index >= 15 is 0 Å². The number of carbonyl (C=O) groups excluding carboxylic acids is 1. The Hall–Kier alpha value is -1.06. The van der Waals surface area contributed by atoms with E-state index in [4.69, 9.17) is 16.3 Å². The van der Waals surface area contributed by atoms with Crippen molar-refractivity contribution in [3.05, 3.63) is 34.9 Å². The van der Waals surface area contributed by atoms with Gasteiger partial charge in [-0.05, 0) is 50.2 Å². The highest BCUT2D eigenvalue weighted by atomic mass is 35.5. The van der Waals surface area contributed by atoms with E-state index in [0.717, 1.165) is 25.9 Å². The zero-order chi connectivity index (χ0) is 11.4. The second kappa shape index (κ2) is 5.32. The summed E-state index contributed by atoms with van der Waals surface area (Å²) in [5, 5.41) is 3.85. The molecule has 1 aliphatic heterocycles. The van der Waals surface area contributed by atoms with E-state index in [1.807, 2.05) is 0 Å². The first-order chi connectivity index (χ1) is 7.75. The molecule has 4 heteroatoms. The van der Waals surface area contributed by atoms with Gasteiger partial charge in [0.25, 0.3) is 0 Å². The molecule has 1 heterocycles. The summed E-state index contributed by atoms with van der Waals surface area (Å²) < 4.78 is 5.40. The van der Waals surface area contributed by atoms with Gasteiger partial charge in [-0.3, -0.25) is 0 Å². The molecule has 16 heavy (non-hydrogen) atoms. The van der Waals surface area contributed by atoms with Gasteiger partial charge in [0.05, 0.1) is 5.56 Å². The van der Waals surface area contributed by atoms with Gasteiger partial charge in [-0.15, -0.1) is 0 Å². The fraction of sp³-hybridized carbons (Fsp3) is 0.417. The fourth-order valence-electron chi connectivity index (χ4n) is 1.72. The summed E-state index contributed by atoms with van der Waals surface area (Å²) in [5.74, 6) is -0.261. The Morgan fingerprint density at radius 2 is 1.88 bits per heavy atom. The van der Waals surface area contributed by atoms with Crippen LogP contribution in [-0.4, -0.2) is 25.2 Å². The molecule has 0 atom stereocenters. The van der Waals surface area contributed by atoms with Gasteiger partial charge >= 0.3 is 5.97 Å². The van der Waals surface area contributed by atoms with E-state index in [0.29, 0.717) is 10.6 Å². The first-order valence-corrected chi connectivity index (χ1v) is 5.81. The number of carbonyl (C=O) groups is 1. The van der Waals surface area contributed by atoms with Crippen LogP contribution >= 0.6 is 11.6 Å². The number of nitrogens with one attached hydrogen (secondary N) is 1. The lowest BCUT2D eigenvalue weighted by atomic mass is 10.1. The van der Waals surface area contributed by atoms with Crippen molar-refractivity contribution in [2.45, 2.75) is 18.9 Å². The first-order valence-electron chi connectivity index (χ1n) is 5.43. The molecule has 2 rings (SSSR count). The number of hydrogen-bond donors (Lipinski definition) is 1. The lowest BCUT2D eigenvalue weighted by Gasteiger charge is -2.22. The van der Waals surface area contributed by atoms with Crippen LogP contribution < -0.4 is 5.32 Å². The van der Waals surface area contributed by atoms with E-state index in [2.05, 4.69) is 5.32 Å². The zero-order valence-corrected chi connectivity index (χ0v) is 9.67. The highest BCUT2D eigenvalue weighted by molar-refractivity contribution is 6.30. The quantitative estimate of drug-likeness (QED) is 0.805. The summed E-state index contributed by atoms with van der Waals surface area (Å²) in [4.78, 5) is 11.7. The van der Waals surface area contributed by atoms with Gasteiger partial charge in [-0.1, -0.05) is 11.6 Å². The third-order valence-electron chi connectivity index (χ3n) is 2.64. The van der Waals surface area contributed by atoms with Crippen molar-refractivity contribution in [2.24, 2.45) is 0 Å². The smallest absolute Gasteiger partial charge is 0.338 e. The number of piperidine rings is 1. The fourth-order valence-corrected chi connectivity index (χ4v) is 1.84. The Morgan fingerprint density at radius 3 is 2.50 bits per heavy atom. The average Bonchev–Trinajstić information content (AvgIpc) is 2.31. The topological polar surface area (TPSA) is 38.3 Å². The minimum atomic E-state index is -0.261. The SMILES string of the molecule is O=C(OC1CCNCC1)c1ccc(Cl)cc1. The maximum atomic E-state index is 11.7. The van der Waals surface area contributed by atoms with Crippen LogP contribution in [0.15, 0.2) is 24.3 Å². The lowest BCUT2D eigenvalue weighted by molar-refractivity contribution is 0.0229. The largest absolute Gasteiger partial charge is 0.459 e. The number of ether oxygens (including phenoxy) is 1. The molecular formula is C12H14ClNO2. The molecule has 1 aromatic rings. The van der Waals surface area contributed by atoms with Gasteiger partial charge in [0.15, 0.2) is 0 Å². The Kier molecular flexibility index (Phi) is 3.80. The lowest BCUT2D eigenvalue weighted by Crippen LogP contribution is -2.33. The number of benzene rings is 1. The van der Waals surface area contributed by atoms with Crippen LogP contribution in [0.2, 0.25) is 5.02 Å². The molecule has 0 saturated carbocycles. The van der Waals surface area contributed by atoms with Crippen molar-refractivity contribution in [3.63, 3.8) is 0 Å². The molecule has 0 spiro atoms. The van der Waals surface area contributed by atoms with Crippen LogP contribution in [0.25, 0.3) is 0 Å². The number of rotatable bonds is 2. The summed E-state index contributed by atoms with van der Waals surface area (Å²) >= 11 is 5.75. The molecule has 1 aliphatic rings. The first kappa shape index (κ1) is 11.4. The Labute approximate surface area is 99.7 Å². The molecule has 1 N–H and O–H groups in total. The van der Waals surface area contributed by atoms with Gasteiger partial charge in [0, 0.05) is 5.02 Å². The van der Waals surface area contributed by atoms with E-state index < -0.39 is 0 Å². The second-order valence-corrected chi connectivity index (χ2v) is 4.30. The predicted octanol–water partition coefficient (Wildman–Crippen LogP) is 2.25. The Bertz CT molecular complexity index is 358. The van der Waals surface area contributed by atoms with Gasteiger partial charge in [0.1, 0.15) is 6.10 Å². The van der Waals surface area contributed by atoms with Gasteiger partial charge in [0.2, 0.25) is 0 Å². The van der Waals surface area contributed by atoms with Crippen LogP contribution in [0.5, 0.6) is 0 Å². The van der Waals surface area contributed by atoms with E-state index in [9.17, 15) is 4.79 Å². The molecule has 86 valence electrons. The van der Waals surface area contributed by atoms with Crippen LogP contribution in [0.1, 0.15) is 23.2 Å². The minimum Gasteiger partial charge on any atom is -0.459 e. The van der Waals surface area contributed by atoms with Crippen molar-refractivity contribution in [2.75, 3.05) is 13.1 Å². The summed E-state index contributed by atoms with van der Waals surface area (Å²) in [6.45, 7) is 1.83. The molecule has 1 fully saturated rings. The summed E-state index contributed by atoms with van der Waals surface area (Å²) in [6.07, 6.45) is 1.82. The molecule has 1 saturated heterocycles. The summed E-state index contributed by atoms with van der Waals surface area (Å²) in [5.41, 5.74) is 0.558. The van der Waals surface area contributed by atoms with Crippen LogP contribution in [0, 0.1) is 0 Å². The van der Waals surface area contributed by atoms with Crippen molar-refractivity contribution in [3.8, 4) is 0 Å². The number of halogens is 1. The third-order valence-corrected chi connectivity index (χ3v) is 2.89. The van der Waals surface area contributed by atoms with E-state index in [1.165, 1.54) is 0 Å². The molecule has 1 aromatic carbocycles. The van der Waals surface area contributed by atoms with Crippen molar-refractivity contribution < 1.29 is 9.53 Å². The maximum absolute atomic E-state index is 11.7. The van der Waals surface area contributed by atoms with Gasteiger partial charge in [-0.25, -0.2) is 4.79 Å². The average molecular weight is 240 g/mol. The normalized spacial score (nSPS) is 17.1. The van der Waals surface area contributed by atoms with E-state index in [1.54, 1.807) is 24.3 Å². The van der Waals surface area contributed by atoms with Crippen molar-refractivity contribution >= 4 is 17.6 Å². The molecule has 0 unspecified atom stereocenters. The third kappa shape index (κ3) is 2.97. The highest BCUT2D eigenvalue weighted by Crippen LogP contribution is 2.13. The van der Waals surface area contributed by atoms with Crippen LogP contribution in [-0.2, 0) is 4.74 Å². The Morgan fingerprint density at radius 1 is 1.25 bits per heavy atom. The molecule has 0 aromatic heterocycles.